The minimum absolute atomic E-state index is 0. The predicted molar refractivity (Wildman–Crippen MR) is 61.6 cm³/mol. The second-order valence-corrected chi connectivity index (χ2v) is 3.49. The Labute approximate surface area is 84.1 Å². The number of unbranched alkanes of at least 4 members (excludes halogenated alkanes) is 1. The van der Waals surface area contributed by atoms with Gasteiger partial charge in [-0.15, -0.1) is 0 Å². The van der Waals surface area contributed by atoms with Crippen molar-refractivity contribution >= 4 is 17.6 Å². The van der Waals surface area contributed by atoms with Crippen molar-refractivity contribution in [3.63, 3.8) is 0 Å². The van der Waals surface area contributed by atoms with Crippen LogP contribution in [0.15, 0.2) is 0 Å². The second-order valence-electron chi connectivity index (χ2n) is 3.49. The van der Waals surface area contributed by atoms with E-state index in [0.29, 0.717) is 0 Å². The quantitative estimate of drug-likeness (QED) is 0.628. The van der Waals surface area contributed by atoms with E-state index in [0.717, 1.165) is 11.8 Å². The van der Waals surface area contributed by atoms with Gasteiger partial charge in [-0.3, -0.25) is 0 Å². The standard InChI is InChI=1S/C6H14.C4H10.GeH4/c1-5(2)6(3)4;1-3-4-2;/h5-6H,1-4H3;3-4H2,1-2H3;1H4. The third-order valence-corrected chi connectivity index (χ3v) is 1.83. The van der Waals surface area contributed by atoms with E-state index in [2.05, 4.69) is 41.5 Å². The van der Waals surface area contributed by atoms with E-state index in [4.69, 9.17) is 0 Å². The van der Waals surface area contributed by atoms with Crippen molar-refractivity contribution in [3.8, 4) is 0 Å². The SMILES string of the molecule is CC(C)C(C)C.CCCC.[GeH4]. The zero-order valence-electron chi connectivity index (χ0n) is 8.57. The van der Waals surface area contributed by atoms with Gasteiger partial charge in [0.25, 0.3) is 0 Å². The summed E-state index contributed by atoms with van der Waals surface area (Å²) in [5.74, 6) is 1.70. The molecule has 11 heavy (non-hydrogen) atoms. The first-order valence-electron chi connectivity index (χ1n) is 4.56. The molecule has 0 aliphatic heterocycles. The van der Waals surface area contributed by atoms with E-state index < -0.39 is 0 Å². The second kappa shape index (κ2) is 13.2. The van der Waals surface area contributed by atoms with Crippen molar-refractivity contribution in [1.82, 2.24) is 0 Å². The van der Waals surface area contributed by atoms with E-state index in [1.807, 2.05) is 0 Å². The Kier molecular flexibility index (Phi) is 21.0. The Morgan fingerprint density at radius 2 is 0.909 bits per heavy atom. The van der Waals surface area contributed by atoms with E-state index >= 15 is 0 Å². The summed E-state index contributed by atoms with van der Waals surface area (Å²) in [5, 5.41) is 0. The molecule has 0 nitrogen and oxygen atoms in total. The van der Waals surface area contributed by atoms with Gasteiger partial charge < -0.3 is 0 Å². The average molecular weight is 221 g/mol. The Morgan fingerprint density at radius 3 is 0.909 bits per heavy atom. The van der Waals surface area contributed by atoms with Crippen LogP contribution in [0.5, 0.6) is 0 Å². The van der Waals surface area contributed by atoms with Crippen LogP contribution in [0.25, 0.3) is 0 Å². The van der Waals surface area contributed by atoms with Crippen molar-refractivity contribution in [2.24, 2.45) is 11.8 Å². The normalized spacial score (nSPS) is 8.73. The van der Waals surface area contributed by atoms with E-state index in [1.165, 1.54) is 12.8 Å². The molecule has 0 bridgehead atoms. The molecule has 0 aliphatic rings. The first kappa shape index (κ1) is 17.6. The zero-order chi connectivity index (χ0) is 8.57. The summed E-state index contributed by atoms with van der Waals surface area (Å²) in [7, 11) is 0. The molecule has 0 aliphatic carbocycles. The van der Waals surface area contributed by atoms with Crippen LogP contribution in [-0.2, 0) is 0 Å². The van der Waals surface area contributed by atoms with E-state index in [9.17, 15) is 0 Å². The third kappa shape index (κ3) is 25.0. The van der Waals surface area contributed by atoms with Gasteiger partial charge in [0.15, 0.2) is 0 Å². The first-order chi connectivity index (χ1) is 4.56. The summed E-state index contributed by atoms with van der Waals surface area (Å²) in [5.41, 5.74) is 0. The van der Waals surface area contributed by atoms with Gasteiger partial charge in [-0.05, 0) is 11.8 Å². The first-order valence-corrected chi connectivity index (χ1v) is 4.56. The number of rotatable bonds is 2. The summed E-state index contributed by atoms with van der Waals surface area (Å²) in [6.45, 7) is 13.3. The van der Waals surface area contributed by atoms with Crippen LogP contribution in [0.2, 0.25) is 0 Å². The number of hydrogen-bond donors (Lipinski definition) is 0. The minimum atomic E-state index is 0. The van der Waals surface area contributed by atoms with Crippen LogP contribution in [-0.4, -0.2) is 17.6 Å². The monoisotopic (exact) mass is 222 g/mol. The molecule has 0 aromatic carbocycles. The van der Waals surface area contributed by atoms with Crippen LogP contribution < -0.4 is 0 Å². The Morgan fingerprint density at radius 1 is 0.727 bits per heavy atom. The Balaban J connectivity index is -0.000000114. The van der Waals surface area contributed by atoms with Crippen LogP contribution >= 0.6 is 0 Å². The molecular weight excluding hydrogens is 193 g/mol. The van der Waals surface area contributed by atoms with Crippen molar-refractivity contribution in [1.29, 1.82) is 0 Å². The van der Waals surface area contributed by atoms with Gasteiger partial charge in [0, 0.05) is 0 Å². The van der Waals surface area contributed by atoms with Crippen molar-refractivity contribution < 1.29 is 0 Å². The summed E-state index contributed by atoms with van der Waals surface area (Å²) in [4.78, 5) is 0. The molecule has 0 radical (unpaired) electrons. The molecule has 0 aromatic rings. The molecule has 0 spiro atoms. The Hall–Kier alpha value is 0.543. The molecule has 0 amide bonds. The Bertz CT molecular complexity index is 40.8. The summed E-state index contributed by atoms with van der Waals surface area (Å²) >= 11 is 0. The molecule has 0 unspecified atom stereocenters. The molecule has 1 heteroatoms. The maximum atomic E-state index is 2.24. The van der Waals surface area contributed by atoms with Crippen molar-refractivity contribution in [3.05, 3.63) is 0 Å². The summed E-state index contributed by atoms with van der Waals surface area (Å²) in [6.07, 6.45) is 2.64. The fourth-order valence-corrected chi connectivity index (χ4v) is 0. The van der Waals surface area contributed by atoms with Gasteiger partial charge in [0.1, 0.15) is 0 Å². The van der Waals surface area contributed by atoms with Crippen LogP contribution in [0.1, 0.15) is 54.4 Å². The zero-order valence-corrected chi connectivity index (χ0v) is 8.57. The van der Waals surface area contributed by atoms with Gasteiger partial charge in [-0.1, -0.05) is 54.4 Å². The molecule has 0 fully saturated rings. The van der Waals surface area contributed by atoms with Crippen LogP contribution in [0.4, 0.5) is 0 Å². The fourth-order valence-electron chi connectivity index (χ4n) is 0. The molecule has 0 N–H and O–H groups in total. The van der Waals surface area contributed by atoms with Gasteiger partial charge in [-0.2, -0.15) is 0 Å². The molecule has 0 saturated carbocycles. The molecule has 0 heterocycles. The average Bonchev–Trinajstić information content (AvgIpc) is 1.89. The molecular formula is C10H28Ge. The van der Waals surface area contributed by atoms with Crippen molar-refractivity contribution in [2.75, 3.05) is 0 Å². The molecule has 0 saturated heterocycles. The van der Waals surface area contributed by atoms with Crippen LogP contribution in [0.3, 0.4) is 0 Å². The summed E-state index contributed by atoms with van der Waals surface area (Å²) < 4.78 is 0. The molecule has 0 aromatic heterocycles. The maximum absolute atomic E-state index is 2.24. The topological polar surface area (TPSA) is 0 Å². The fraction of sp³-hybridized carbons (Fsp3) is 1.00. The summed E-state index contributed by atoms with van der Waals surface area (Å²) in [6, 6.07) is 0. The molecule has 72 valence electrons. The van der Waals surface area contributed by atoms with Gasteiger partial charge in [0.2, 0.25) is 0 Å². The van der Waals surface area contributed by atoms with Gasteiger partial charge >= 0.3 is 17.6 Å². The van der Waals surface area contributed by atoms with E-state index in [-0.39, 0.29) is 17.6 Å². The molecule has 0 rings (SSSR count). The van der Waals surface area contributed by atoms with Crippen molar-refractivity contribution in [2.45, 2.75) is 54.4 Å². The molecule has 0 atom stereocenters. The third-order valence-electron chi connectivity index (χ3n) is 1.83. The van der Waals surface area contributed by atoms with Crippen LogP contribution in [0, 0.1) is 11.8 Å². The number of hydrogen-bond acceptors (Lipinski definition) is 0. The van der Waals surface area contributed by atoms with E-state index in [1.54, 1.807) is 0 Å². The van der Waals surface area contributed by atoms with Gasteiger partial charge in [-0.25, -0.2) is 0 Å². The predicted octanol–water partition coefficient (Wildman–Crippen LogP) is 2.65. The van der Waals surface area contributed by atoms with Gasteiger partial charge in [0.05, 0.1) is 0 Å².